The molecule has 0 aliphatic carbocycles. The summed E-state index contributed by atoms with van der Waals surface area (Å²) in [7, 11) is -3.24. The summed E-state index contributed by atoms with van der Waals surface area (Å²) in [5, 5.41) is 4.13. The Kier molecular flexibility index (Phi) is 5.90. The molecule has 0 fully saturated rings. The topological polar surface area (TPSA) is 0 Å². The van der Waals surface area contributed by atoms with E-state index in [2.05, 4.69) is 99.4 Å². The molecule has 0 amide bonds. The maximum atomic E-state index is 4.09. The average Bonchev–Trinajstić information content (AvgIpc) is 2.42. The van der Waals surface area contributed by atoms with Gasteiger partial charge in [0.25, 0.3) is 0 Å². The van der Waals surface area contributed by atoms with Gasteiger partial charge in [0.1, 0.15) is 0 Å². The van der Waals surface area contributed by atoms with Crippen LogP contribution in [0.2, 0.25) is 36.3 Å². The standard InChI is InChI=1S/C22H40Si2/c1-13-17-15-16-19(23(9,10)21(3,4)5)20(18(17)14-2)24(11,12)22(6,7)8/h13,15-16H,1,14H2,2-12H3. The molecule has 0 aromatic heterocycles. The Bertz CT molecular complexity index is 608. The molecule has 0 spiro atoms. The van der Waals surface area contributed by atoms with Crippen LogP contribution in [0.4, 0.5) is 0 Å². The van der Waals surface area contributed by atoms with E-state index in [4.69, 9.17) is 0 Å². The maximum Gasteiger partial charge on any atom is 0.0861 e. The molecular weight excluding hydrogens is 320 g/mol. The highest BCUT2D eigenvalue weighted by Gasteiger charge is 2.45. The highest BCUT2D eigenvalue weighted by Crippen LogP contribution is 2.39. The van der Waals surface area contributed by atoms with Crippen LogP contribution in [0, 0.1) is 0 Å². The SMILES string of the molecule is C=Cc1ccc([Si](C)(C)C(C)(C)C)c([Si](C)(C)C(C)(C)C)c1CC. The third-order valence-electron chi connectivity index (χ3n) is 6.97. The number of hydrogen-bond donors (Lipinski definition) is 0. The summed E-state index contributed by atoms with van der Waals surface area (Å²) in [5.41, 5.74) is 2.92. The molecule has 0 N–H and O–H groups in total. The first-order valence-electron chi connectivity index (χ1n) is 9.42. The Labute approximate surface area is 153 Å². The van der Waals surface area contributed by atoms with E-state index in [9.17, 15) is 0 Å². The zero-order valence-electron chi connectivity index (χ0n) is 18.1. The Balaban J connectivity index is 3.98. The molecule has 0 bridgehead atoms. The molecule has 0 radical (unpaired) electrons. The van der Waals surface area contributed by atoms with Gasteiger partial charge in [0, 0.05) is 0 Å². The second-order valence-electron chi connectivity index (χ2n) is 10.4. The predicted molar refractivity (Wildman–Crippen MR) is 120 cm³/mol. The number of benzene rings is 1. The van der Waals surface area contributed by atoms with Gasteiger partial charge in [-0.1, -0.05) is 110 Å². The van der Waals surface area contributed by atoms with Crippen LogP contribution in [0.5, 0.6) is 0 Å². The van der Waals surface area contributed by atoms with Gasteiger partial charge >= 0.3 is 0 Å². The lowest BCUT2D eigenvalue weighted by molar-refractivity contribution is 0.725. The van der Waals surface area contributed by atoms with Crippen molar-refractivity contribution in [3.8, 4) is 0 Å². The molecule has 0 saturated heterocycles. The fourth-order valence-corrected chi connectivity index (χ4v) is 9.79. The fraction of sp³-hybridized carbons (Fsp3) is 0.636. The lowest BCUT2D eigenvalue weighted by Crippen LogP contribution is -2.65. The molecule has 1 aromatic carbocycles. The van der Waals surface area contributed by atoms with E-state index in [-0.39, 0.29) is 0 Å². The van der Waals surface area contributed by atoms with Crippen molar-refractivity contribution in [1.29, 1.82) is 0 Å². The van der Waals surface area contributed by atoms with Gasteiger partial charge in [-0.3, -0.25) is 0 Å². The second kappa shape index (κ2) is 6.60. The summed E-state index contributed by atoms with van der Waals surface area (Å²) >= 11 is 0. The summed E-state index contributed by atoms with van der Waals surface area (Å²) in [5.74, 6) is 0. The molecule has 0 unspecified atom stereocenters. The molecule has 136 valence electrons. The first kappa shape index (κ1) is 21.4. The quantitative estimate of drug-likeness (QED) is 0.551. The monoisotopic (exact) mass is 360 g/mol. The normalized spacial score (nSPS) is 14.0. The predicted octanol–water partition coefficient (Wildman–Crippen LogP) is 6.32. The number of rotatable bonds is 4. The third kappa shape index (κ3) is 3.50. The van der Waals surface area contributed by atoms with Crippen LogP contribution < -0.4 is 10.4 Å². The molecule has 0 atom stereocenters. The molecular formula is C22H40Si2. The van der Waals surface area contributed by atoms with E-state index >= 15 is 0 Å². The Morgan fingerprint density at radius 2 is 1.33 bits per heavy atom. The van der Waals surface area contributed by atoms with Gasteiger partial charge in [-0.2, -0.15) is 0 Å². The first-order chi connectivity index (χ1) is 10.6. The highest BCUT2D eigenvalue weighted by molar-refractivity contribution is 7.01. The smallest absolute Gasteiger partial charge is 0.0861 e. The Morgan fingerprint density at radius 3 is 1.67 bits per heavy atom. The van der Waals surface area contributed by atoms with Crippen LogP contribution in [0.3, 0.4) is 0 Å². The second-order valence-corrected chi connectivity index (χ2v) is 20.9. The largest absolute Gasteiger partial charge is 0.0985 e. The van der Waals surface area contributed by atoms with Crippen molar-refractivity contribution in [2.24, 2.45) is 0 Å². The minimum Gasteiger partial charge on any atom is -0.0985 e. The molecule has 0 aliphatic rings. The Morgan fingerprint density at radius 1 is 0.875 bits per heavy atom. The van der Waals surface area contributed by atoms with Crippen molar-refractivity contribution in [3.63, 3.8) is 0 Å². The lowest BCUT2D eigenvalue weighted by Gasteiger charge is -2.46. The molecule has 0 saturated carbocycles. The summed E-state index contributed by atoms with van der Waals surface area (Å²) in [4.78, 5) is 0. The molecule has 0 aliphatic heterocycles. The van der Waals surface area contributed by atoms with Gasteiger partial charge in [0.2, 0.25) is 0 Å². The van der Waals surface area contributed by atoms with Gasteiger partial charge in [-0.05, 0) is 27.6 Å². The van der Waals surface area contributed by atoms with Crippen LogP contribution in [-0.2, 0) is 6.42 Å². The van der Waals surface area contributed by atoms with Crippen LogP contribution in [0.15, 0.2) is 18.7 Å². The van der Waals surface area contributed by atoms with Crippen molar-refractivity contribution in [2.75, 3.05) is 0 Å². The van der Waals surface area contributed by atoms with Crippen LogP contribution in [0.25, 0.3) is 6.08 Å². The molecule has 1 aromatic rings. The molecule has 0 heterocycles. The van der Waals surface area contributed by atoms with Crippen LogP contribution >= 0.6 is 0 Å². The zero-order chi connectivity index (χ0) is 19.1. The van der Waals surface area contributed by atoms with E-state index in [0.717, 1.165) is 6.42 Å². The summed E-state index contributed by atoms with van der Waals surface area (Å²) in [6.45, 7) is 31.3. The summed E-state index contributed by atoms with van der Waals surface area (Å²) in [6, 6.07) is 4.79. The van der Waals surface area contributed by atoms with E-state index in [1.165, 1.54) is 5.56 Å². The van der Waals surface area contributed by atoms with Crippen molar-refractivity contribution in [3.05, 3.63) is 29.8 Å². The molecule has 1 rings (SSSR count). The van der Waals surface area contributed by atoms with Crippen LogP contribution in [0.1, 0.15) is 59.6 Å². The lowest BCUT2D eigenvalue weighted by atomic mass is 10.1. The summed E-state index contributed by atoms with van der Waals surface area (Å²) in [6.07, 6.45) is 3.16. The third-order valence-corrected chi connectivity index (χ3v) is 18.3. The van der Waals surface area contributed by atoms with Crippen molar-refractivity contribution in [1.82, 2.24) is 0 Å². The number of hydrogen-bond acceptors (Lipinski definition) is 0. The van der Waals surface area contributed by atoms with Crippen molar-refractivity contribution in [2.45, 2.75) is 91.2 Å². The molecule has 2 heteroatoms. The minimum absolute atomic E-state index is 0.341. The first-order valence-corrected chi connectivity index (χ1v) is 15.4. The van der Waals surface area contributed by atoms with Gasteiger partial charge in [0.15, 0.2) is 0 Å². The fourth-order valence-electron chi connectivity index (χ4n) is 3.25. The van der Waals surface area contributed by atoms with Gasteiger partial charge < -0.3 is 0 Å². The molecule has 0 nitrogen and oxygen atoms in total. The maximum absolute atomic E-state index is 4.09. The summed E-state index contributed by atoms with van der Waals surface area (Å²) < 4.78 is 0. The Hall–Kier alpha value is -0.606. The van der Waals surface area contributed by atoms with E-state index in [1.54, 1.807) is 15.9 Å². The van der Waals surface area contributed by atoms with Crippen LogP contribution in [-0.4, -0.2) is 16.1 Å². The van der Waals surface area contributed by atoms with Gasteiger partial charge in [0.05, 0.1) is 16.1 Å². The van der Waals surface area contributed by atoms with E-state index < -0.39 is 16.1 Å². The highest BCUT2D eigenvalue weighted by atomic mass is 28.3. The van der Waals surface area contributed by atoms with Crippen molar-refractivity contribution >= 4 is 32.6 Å². The van der Waals surface area contributed by atoms with E-state index in [0.29, 0.717) is 10.1 Å². The van der Waals surface area contributed by atoms with Gasteiger partial charge in [-0.25, -0.2) is 0 Å². The zero-order valence-corrected chi connectivity index (χ0v) is 20.1. The minimum atomic E-state index is -1.64. The molecule has 24 heavy (non-hydrogen) atoms. The van der Waals surface area contributed by atoms with Crippen molar-refractivity contribution < 1.29 is 0 Å². The van der Waals surface area contributed by atoms with Gasteiger partial charge in [-0.15, -0.1) is 0 Å². The average molecular weight is 361 g/mol. The van der Waals surface area contributed by atoms with E-state index in [1.807, 2.05) is 0 Å².